The summed E-state index contributed by atoms with van der Waals surface area (Å²) in [6.45, 7) is 25.6. The standard InChI is InChI=1S/C11H18N2.C8H13N.C5H12.C3H7NO.C2H6.CH2O/c1-3-9-5-6-10(8-13-4-2)11(12)7-9;1-5-7-9(4)8(3)6-2;1-5(2,3)4;1-4(2)3-5;2*1-2/h5-7,13H,3-4,8,12H2,1-2H3;1,6H,7H2,2-4H3;1-4H3;3H,1-2H3;1-2H3;1H2/b;8-6-;;;;. The van der Waals surface area contributed by atoms with Gasteiger partial charge in [0.1, 0.15) is 6.79 Å². The quantitative estimate of drug-likeness (QED) is 0.269. The second kappa shape index (κ2) is 30.3. The van der Waals surface area contributed by atoms with Crippen LogP contribution in [0.5, 0.6) is 0 Å². The average Bonchev–Trinajstić information content (AvgIpc) is 2.85. The Morgan fingerprint density at radius 2 is 1.58 bits per heavy atom. The molecule has 0 aliphatic carbocycles. The highest BCUT2D eigenvalue weighted by molar-refractivity contribution is 5.49. The molecule has 1 amide bonds. The van der Waals surface area contributed by atoms with E-state index in [1.165, 1.54) is 21.7 Å². The molecule has 3 N–H and O–H groups in total. The Balaban J connectivity index is -0.000000122. The molecule has 0 unspecified atom stereocenters. The molecule has 0 spiro atoms. The molecule has 0 radical (unpaired) electrons. The number of carbonyl (C=O) groups is 2. The van der Waals surface area contributed by atoms with E-state index in [2.05, 4.69) is 71.0 Å². The van der Waals surface area contributed by atoms with Crippen LogP contribution < -0.4 is 11.1 Å². The lowest BCUT2D eigenvalue weighted by atomic mass is 10.0. The third-order valence-corrected chi connectivity index (χ3v) is 3.74. The van der Waals surface area contributed by atoms with E-state index in [9.17, 15) is 4.79 Å². The van der Waals surface area contributed by atoms with Crippen molar-refractivity contribution in [3.63, 3.8) is 0 Å². The lowest BCUT2D eigenvalue weighted by Crippen LogP contribution is -2.15. The molecule has 210 valence electrons. The van der Waals surface area contributed by atoms with Crippen molar-refractivity contribution in [2.75, 3.05) is 40.0 Å². The molecule has 0 aliphatic rings. The summed E-state index contributed by atoms with van der Waals surface area (Å²) in [6.07, 6.45) is 8.94. The van der Waals surface area contributed by atoms with E-state index in [1.54, 1.807) is 14.1 Å². The molecular formula is C30H58N4O2. The Kier molecular flexibility index (Phi) is 36.4. The van der Waals surface area contributed by atoms with Crippen molar-refractivity contribution in [2.24, 2.45) is 5.41 Å². The van der Waals surface area contributed by atoms with Crippen molar-refractivity contribution in [1.82, 2.24) is 15.1 Å². The number of hydrogen-bond acceptors (Lipinski definition) is 5. The Bertz CT molecular complexity index is 681. The highest BCUT2D eigenvalue weighted by Gasteiger charge is 1.98. The number of carbonyl (C=O) groups excluding carboxylic acids is 2. The second-order valence-electron chi connectivity index (χ2n) is 9.23. The van der Waals surface area contributed by atoms with Gasteiger partial charge < -0.3 is 25.6 Å². The third kappa shape index (κ3) is 38.5. The van der Waals surface area contributed by atoms with Crippen LogP contribution in [0, 0.1) is 17.8 Å². The van der Waals surface area contributed by atoms with E-state index in [0.717, 1.165) is 31.6 Å². The predicted molar refractivity (Wildman–Crippen MR) is 162 cm³/mol. The second-order valence-corrected chi connectivity index (χ2v) is 9.23. The number of terminal acetylenes is 1. The van der Waals surface area contributed by atoms with Crippen LogP contribution in [0.25, 0.3) is 0 Å². The van der Waals surface area contributed by atoms with Crippen LogP contribution in [-0.2, 0) is 22.6 Å². The maximum Gasteiger partial charge on any atom is 0.209 e. The summed E-state index contributed by atoms with van der Waals surface area (Å²) < 4.78 is 0. The van der Waals surface area contributed by atoms with Crippen molar-refractivity contribution in [3.8, 4) is 12.3 Å². The molecule has 1 rings (SSSR count). The van der Waals surface area contributed by atoms with Crippen LogP contribution in [-0.4, -0.2) is 57.2 Å². The van der Waals surface area contributed by atoms with Crippen molar-refractivity contribution >= 4 is 18.9 Å². The summed E-state index contributed by atoms with van der Waals surface area (Å²) in [5.41, 5.74) is 11.0. The van der Waals surface area contributed by atoms with Crippen LogP contribution in [0.2, 0.25) is 0 Å². The van der Waals surface area contributed by atoms with E-state index < -0.39 is 0 Å². The van der Waals surface area contributed by atoms with Crippen LogP contribution >= 0.6 is 0 Å². The Morgan fingerprint density at radius 1 is 1.14 bits per heavy atom. The molecule has 6 nitrogen and oxygen atoms in total. The van der Waals surface area contributed by atoms with Gasteiger partial charge >= 0.3 is 0 Å². The molecular weight excluding hydrogens is 448 g/mol. The summed E-state index contributed by atoms with van der Waals surface area (Å²) in [4.78, 5) is 20.9. The summed E-state index contributed by atoms with van der Waals surface area (Å²) >= 11 is 0. The van der Waals surface area contributed by atoms with Gasteiger partial charge in [0.05, 0.1) is 6.54 Å². The number of rotatable bonds is 7. The van der Waals surface area contributed by atoms with Gasteiger partial charge in [-0.05, 0) is 49.4 Å². The number of nitrogens with zero attached hydrogens (tertiary/aromatic N) is 2. The minimum atomic E-state index is 0.500. The van der Waals surface area contributed by atoms with Gasteiger partial charge in [-0.15, -0.1) is 6.42 Å². The molecule has 0 atom stereocenters. The van der Waals surface area contributed by atoms with E-state index in [-0.39, 0.29) is 0 Å². The molecule has 36 heavy (non-hydrogen) atoms. The lowest BCUT2D eigenvalue weighted by molar-refractivity contribution is -0.115. The van der Waals surface area contributed by atoms with Gasteiger partial charge in [-0.1, -0.05) is 79.5 Å². The fraction of sp³-hybridized carbons (Fsp3) is 0.600. The number of benzene rings is 1. The number of amides is 1. The van der Waals surface area contributed by atoms with E-state index in [0.29, 0.717) is 12.0 Å². The van der Waals surface area contributed by atoms with Crippen LogP contribution in [0.4, 0.5) is 5.69 Å². The molecule has 1 aromatic rings. The predicted octanol–water partition coefficient (Wildman–Crippen LogP) is 6.01. The van der Waals surface area contributed by atoms with Crippen LogP contribution in [0.1, 0.15) is 80.4 Å². The number of anilines is 1. The fourth-order valence-electron chi connectivity index (χ4n) is 1.77. The molecule has 0 fully saturated rings. The van der Waals surface area contributed by atoms with Crippen molar-refractivity contribution in [2.45, 2.75) is 82.2 Å². The molecule has 0 bridgehead atoms. The fourth-order valence-corrected chi connectivity index (χ4v) is 1.77. The van der Waals surface area contributed by atoms with Crippen LogP contribution in [0.15, 0.2) is 30.0 Å². The number of nitrogens with two attached hydrogens (primary N) is 1. The topological polar surface area (TPSA) is 78.7 Å². The minimum absolute atomic E-state index is 0.500. The summed E-state index contributed by atoms with van der Waals surface area (Å²) in [6, 6.07) is 6.31. The molecule has 1 aromatic carbocycles. The molecule has 6 heteroatoms. The Morgan fingerprint density at radius 3 is 1.86 bits per heavy atom. The van der Waals surface area contributed by atoms with E-state index in [1.807, 2.05) is 52.5 Å². The van der Waals surface area contributed by atoms with Gasteiger partial charge in [0.25, 0.3) is 0 Å². The van der Waals surface area contributed by atoms with E-state index >= 15 is 0 Å². The monoisotopic (exact) mass is 506 g/mol. The highest BCUT2D eigenvalue weighted by atomic mass is 16.1. The van der Waals surface area contributed by atoms with Crippen molar-refractivity contribution in [1.29, 1.82) is 0 Å². The molecule has 0 aromatic heterocycles. The largest absolute Gasteiger partial charge is 0.398 e. The molecule has 0 heterocycles. The first-order chi connectivity index (χ1) is 16.8. The van der Waals surface area contributed by atoms with E-state index in [4.69, 9.17) is 17.0 Å². The number of nitrogen functional groups attached to an aromatic ring is 1. The number of hydrogen-bond donors (Lipinski definition) is 2. The molecule has 0 saturated carbocycles. The number of nitrogens with one attached hydrogen (secondary N) is 1. The normalized spacial score (nSPS) is 9.28. The SMILES string of the molecule is C#CCN(C)/C(C)=C\C.C=O.CC.CC(C)(C)C.CCNCc1ccc(CC)cc1N.CN(C)C=O. The summed E-state index contributed by atoms with van der Waals surface area (Å²) in [7, 11) is 5.36. The van der Waals surface area contributed by atoms with Gasteiger partial charge in [0, 0.05) is 39.1 Å². The van der Waals surface area contributed by atoms with Crippen LogP contribution in [0.3, 0.4) is 0 Å². The van der Waals surface area contributed by atoms with Crippen molar-refractivity contribution in [3.05, 3.63) is 41.1 Å². The third-order valence-electron chi connectivity index (χ3n) is 3.74. The summed E-state index contributed by atoms with van der Waals surface area (Å²) in [5.74, 6) is 2.57. The zero-order valence-electron chi connectivity index (χ0n) is 25.8. The first-order valence-corrected chi connectivity index (χ1v) is 12.5. The number of aryl methyl sites for hydroxylation is 1. The van der Waals surface area contributed by atoms with Gasteiger partial charge in [-0.25, -0.2) is 0 Å². The zero-order valence-corrected chi connectivity index (χ0v) is 25.8. The maximum atomic E-state index is 9.43. The first-order valence-electron chi connectivity index (χ1n) is 12.5. The minimum Gasteiger partial charge on any atom is -0.398 e. The maximum absolute atomic E-state index is 9.43. The van der Waals surface area contributed by atoms with Gasteiger partial charge in [0.2, 0.25) is 6.41 Å². The smallest absolute Gasteiger partial charge is 0.209 e. The number of allylic oxidation sites excluding steroid dienone is 2. The summed E-state index contributed by atoms with van der Waals surface area (Å²) in [5, 5.41) is 3.26. The van der Waals surface area contributed by atoms with Gasteiger partial charge in [-0.2, -0.15) is 0 Å². The van der Waals surface area contributed by atoms with Gasteiger partial charge in [-0.3, -0.25) is 4.79 Å². The van der Waals surface area contributed by atoms with Gasteiger partial charge in [0.15, 0.2) is 0 Å². The Labute approximate surface area is 224 Å². The highest BCUT2D eigenvalue weighted by Crippen LogP contribution is 2.14. The molecule has 0 aliphatic heterocycles. The lowest BCUT2D eigenvalue weighted by Gasteiger charge is -2.15. The first kappa shape index (κ1) is 43.3. The molecule has 0 saturated heterocycles. The average molecular weight is 507 g/mol. The van der Waals surface area contributed by atoms with Crippen molar-refractivity contribution < 1.29 is 9.59 Å². The zero-order chi connectivity index (χ0) is 29.7. The Hall–Kier alpha value is -2.78.